The van der Waals surface area contributed by atoms with Crippen LogP contribution >= 0.6 is 0 Å². The Balaban J connectivity index is 2.23. The Hall–Kier alpha value is -0.0800. The van der Waals surface area contributed by atoms with Crippen LogP contribution in [0.4, 0.5) is 0 Å². The summed E-state index contributed by atoms with van der Waals surface area (Å²) >= 11 is 0. The summed E-state index contributed by atoms with van der Waals surface area (Å²) < 4.78 is 5.94. The predicted octanol–water partition coefficient (Wildman–Crippen LogP) is 3.13. The average Bonchev–Trinajstić information content (AvgIpc) is 2.17. The van der Waals surface area contributed by atoms with Crippen LogP contribution in [0.1, 0.15) is 59.3 Å². The Labute approximate surface area is 94.0 Å². The van der Waals surface area contributed by atoms with E-state index >= 15 is 0 Å². The summed E-state index contributed by atoms with van der Waals surface area (Å²) in [7, 11) is 0. The summed E-state index contributed by atoms with van der Waals surface area (Å²) in [6, 6.07) is 0. The van der Waals surface area contributed by atoms with E-state index in [1.54, 1.807) is 0 Å². The predicted molar refractivity (Wildman–Crippen MR) is 62.9 cm³/mol. The zero-order chi connectivity index (χ0) is 11.3. The third-order valence-corrected chi connectivity index (χ3v) is 3.43. The fourth-order valence-corrected chi connectivity index (χ4v) is 2.62. The summed E-state index contributed by atoms with van der Waals surface area (Å²) in [6.07, 6.45) is 7.81. The van der Waals surface area contributed by atoms with E-state index < -0.39 is 0 Å². The van der Waals surface area contributed by atoms with E-state index in [-0.39, 0.29) is 12.2 Å². The second-order valence-corrected chi connectivity index (χ2v) is 5.13. The molecule has 0 radical (unpaired) electrons. The van der Waals surface area contributed by atoms with Crippen molar-refractivity contribution in [2.45, 2.75) is 77.6 Å². The number of hydrogen-bond donors (Lipinski definition) is 1. The van der Waals surface area contributed by atoms with E-state index in [4.69, 9.17) is 4.74 Å². The summed E-state index contributed by atoms with van der Waals surface area (Å²) in [5.74, 6) is 0.746. The summed E-state index contributed by atoms with van der Waals surface area (Å²) in [6.45, 7) is 6.08. The first-order valence-electron chi connectivity index (χ1n) is 6.43. The molecule has 0 amide bonds. The number of hydrogen-bond acceptors (Lipinski definition) is 2. The highest BCUT2D eigenvalue weighted by Gasteiger charge is 2.22. The molecule has 0 saturated heterocycles. The molecule has 0 aliphatic heterocycles. The van der Waals surface area contributed by atoms with Crippen molar-refractivity contribution < 1.29 is 9.84 Å². The van der Waals surface area contributed by atoms with Gasteiger partial charge in [0, 0.05) is 0 Å². The molecule has 0 aromatic rings. The van der Waals surface area contributed by atoms with Crippen molar-refractivity contribution >= 4 is 0 Å². The van der Waals surface area contributed by atoms with E-state index in [9.17, 15) is 5.11 Å². The Kier molecular flexibility index (Phi) is 5.62. The van der Waals surface area contributed by atoms with Gasteiger partial charge in [-0.2, -0.15) is 0 Å². The first kappa shape index (κ1) is 13.0. The summed E-state index contributed by atoms with van der Waals surface area (Å²) in [5.41, 5.74) is 0. The molecule has 90 valence electrons. The normalized spacial score (nSPS) is 24.8. The van der Waals surface area contributed by atoms with Crippen LogP contribution in [0.25, 0.3) is 0 Å². The van der Waals surface area contributed by atoms with E-state index in [0.717, 1.165) is 12.3 Å². The topological polar surface area (TPSA) is 29.5 Å². The Morgan fingerprint density at radius 1 is 1.13 bits per heavy atom. The first-order chi connectivity index (χ1) is 7.09. The Morgan fingerprint density at radius 3 is 2.27 bits per heavy atom. The minimum Gasteiger partial charge on any atom is -0.393 e. The van der Waals surface area contributed by atoms with Gasteiger partial charge in [0.2, 0.25) is 0 Å². The molecular weight excluding hydrogens is 188 g/mol. The molecule has 2 heteroatoms. The lowest BCUT2D eigenvalue weighted by atomic mass is 9.86. The maximum absolute atomic E-state index is 9.27. The molecule has 1 saturated carbocycles. The van der Waals surface area contributed by atoms with Crippen LogP contribution < -0.4 is 0 Å². The Bertz CT molecular complexity index is 162. The molecule has 3 atom stereocenters. The molecule has 1 N–H and O–H groups in total. The van der Waals surface area contributed by atoms with Crippen molar-refractivity contribution in [3.05, 3.63) is 0 Å². The van der Waals surface area contributed by atoms with Gasteiger partial charge in [-0.05, 0) is 46.0 Å². The third kappa shape index (κ3) is 4.98. The quantitative estimate of drug-likeness (QED) is 0.762. The van der Waals surface area contributed by atoms with Crippen LogP contribution in [0, 0.1) is 5.92 Å². The number of ether oxygens (including phenoxy) is 1. The van der Waals surface area contributed by atoms with Gasteiger partial charge >= 0.3 is 0 Å². The molecule has 0 spiro atoms. The highest BCUT2D eigenvalue weighted by Crippen LogP contribution is 2.28. The highest BCUT2D eigenvalue weighted by molar-refractivity contribution is 4.72. The molecule has 0 heterocycles. The Morgan fingerprint density at radius 2 is 1.73 bits per heavy atom. The van der Waals surface area contributed by atoms with Crippen molar-refractivity contribution in [1.82, 2.24) is 0 Å². The van der Waals surface area contributed by atoms with Gasteiger partial charge in [0.05, 0.1) is 18.3 Å². The lowest BCUT2D eigenvalue weighted by Gasteiger charge is -2.30. The van der Waals surface area contributed by atoms with Crippen molar-refractivity contribution in [1.29, 1.82) is 0 Å². The van der Waals surface area contributed by atoms with Gasteiger partial charge in [0.15, 0.2) is 0 Å². The number of rotatable bonds is 5. The fraction of sp³-hybridized carbons (Fsp3) is 1.00. The van der Waals surface area contributed by atoms with E-state index in [1.165, 1.54) is 32.1 Å². The van der Waals surface area contributed by atoms with E-state index in [1.807, 2.05) is 6.92 Å². The second kappa shape index (κ2) is 6.49. The molecule has 2 nitrogen and oxygen atoms in total. The van der Waals surface area contributed by atoms with Gasteiger partial charge in [-0.3, -0.25) is 0 Å². The smallest absolute Gasteiger partial charge is 0.0578 e. The number of aliphatic hydroxyl groups is 1. The van der Waals surface area contributed by atoms with Gasteiger partial charge < -0.3 is 9.84 Å². The molecule has 1 aliphatic carbocycles. The standard InChI is InChI=1S/C13H26O2/c1-10(14)9-11(2)15-12(3)13-7-5-4-6-8-13/h10-14H,4-9H2,1-3H3/t10-,11-,12+/m1/s1. The molecule has 0 aromatic heterocycles. The summed E-state index contributed by atoms with van der Waals surface area (Å²) in [5, 5.41) is 9.27. The second-order valence-electron chi connectivity index (χ2n) is 5.13. The van der Waals surface area contributed by atoms with Gasteiger partial charge in [-0.1, -0.05) is 19.3 Å². The lowest BCUT2D eigenvalue weighted by Crippen LogP contribution is -2.28. The van der Waals surface area contributed by atoms with Crippen LogP contribution in [0.5, 0.6) is 0 Å². The SMILES string of the molecule is C[C@H](C[C@@H](C)O)O[C@@H](C)C1CCCCC1. The van der Waals surface area contributed by atoms with Gasteiger partial charge in [0.25, 0.3) is 0 Å². The molecular formula is C13H26O2. The minimum atomic E-state index is -0.251. The van der Waals surface area contributed by atoms with E-state index in [2.05, 4.69) is 13.8 Å². The van der Waals surface area contributed by atoms with E-state index in [0.29, 0.717) is 6.10 Å². The zero-order valence-corrected chi connectivity index (χ0v) is 10.4. The largest absolute Gasteiger partial charge is 0.393 e. The maximum atomic E-state index is 9.27. The maximum Gasteiger partial charge on any atom is 0.0578 e. The van der Waals surface area contributed by atoms with Gasteiger partial charge in [-0.15, -0.1) is 0 Å². The van der Waals surface area contributed by atoms with Crippen molar-refractivity contribution in [3.63, 3.8) is 0 Å². The van der Waals surface area contributed by atoms with Crippen LogP contribution in [-0.2, 0) is 4.74 Å². The molecule has 1 rings (SSSR count). The number of aliphatic hydroxyl groups excluding tert-OH is 1. The van der Waals surface area contributed by atoms with Crippen LogP contribution in [0.15, 0.2) is 0 Å². The average molecular weight is 214 g/mol. The lowest BCUT2D eigenvalue weighted by molar-refractivity contribution is -0.0483. The monoisotopic (exact) mass is 214 g/mol. The molecule has 1 fully saturated rings. The zero-order valence-electron chi connectivity index (χ0n) is 10.4. The van der Waals surface area contributed by atoms with Gasteiger partial charge in [-0.25, -0.2) is 0 Å². The fourth-order valence-electron chi connectivity index (χ4n) is 2.62. The summed E-state index contributed by atoms with van der Waals surface area (Å²) in [4.78, 5) is 0. The molecule has 1 aliphatic rings. The van der Waals surface area contributed by atoms with Crippen LogP contribution in [0.3, 0.4) is 0 Å². The molecule has 0 unspecified atom stereocenters. The van der Waals surface area contributed by atoms with Crippen molar-refractivity contribution in [2.24, 2.45) is 5.92 Å². The minimum absolute atomic E-state index is 0.182. The first-order valence-corrected chi connectivity index (χ1v) is 6.43. The molecule has 0 aromatic carbocycles. The van der Waals surface area contributed by atoms with Gasteiger partial charge in [0.1, 0.15) is 0 Å². The third-order valence-electron chi connectivity index (χ3n) is 3.43. The van der Waals surface area contributed by atoms with Crippen molar-refractivity contribution in [3.8, 4) is 0 Å². The molecule has 0 bridgehead atoms. The highest BCUT2D eigenvalue weighted by atomic mass is 16.5. The van der Waals surface area contributed by atoms with Crippen LogP contribution in [0.2, 0.25) is 0 Å². The molecule has 15 heavy (non-hydrogen) atoms. The van der Waals surface area contributed by atoms with Crippen molar-refractivity contribution in [2.75, 3.05) is 0 Å². The van der Waals surface area contributed by atoms with Crippen LogP contribution in [-0.4, -0.2) is 23.4 Å².